The molecule has 1 aromatic heterocycles. The highest BCUT2D eigenvalue weighted by Crippen LogP contribution is 2.41. The SMILES string of the molecule is OCCOCCN1CCOc2c(O)cc(-c3csc4ccccc34)cc2C1. The van der Waals surface area contributed by atoms with Gasteiger partial charge < -0.3 is 19.7 Å². The number of aliphatic hydroxyl groups excluding tert-OH is 1. The van der Waals surface area contributed by atoms with Crippen LogP contribution in [0.15, 0.2) is 41.8 Å². The van der Waals surface area contributed by atoms with Crippen LogP contribution in [-0.2, 0) is 11.3 Å². The average molecular weight is 385 g/mol. The van der Waals surface area contributed by atoms with Crippen molar-refractivity contribution in [1.82, 2.24) is 4.90 Å². The van der Waals surface area contributed by atoms with Crippen LogP contribution >= 0.6 is 11.3 Å². The normalized spacial score (nSPS) is 14.7. The summed E-state index contributed by atoms with van der Waals surface area (Å²) in [4.78, 5) is 2.25. The van der Waals surface area contributed by atoms with Crippen molar-refractivity contribution in [2.45, 2.75) is 6.54 Å². The van der Waals surface area contributed by atoms with Crippen LogP contribution in [0.2, 0.25) is 0 Å². The molecule has 2 heterocycles. The van der Waals surface area contributed by atoms with E-state index in [2.05, 4.69) is 28.5 Å². The van der Waals surface area contributed by atoms with Crippen molar-refractivity contribution in [3.05, 3.63) is 47.3 Å². The summed E-state index contributed by atoms with van der Waals surface area (Å²) in [5, 5.41) is 22.7. The van der Waals surface area contributed by atoms with E-state index in [4.69, 9.17) is 14.6 Å². The summed E-state index contributed by atoms with van der Waals surface area (Å²) >= 11 is 1.71. The topological polar surface area (TPSA) is 62.2 Å². The zero-order chi connectivity index (χ0) is 18.6. The van der Waals surface area contributed by atoms with Gasteiger partial charge in [0.05, 0.1) is 19.8 Å². The maximum atomic E-state index is 10.6. The number of benzene rings is 2. The molecule has 2 N–H and O–H groups in total. The number of aliphatic hydroxyl groups is 1. The van der Waals surface area contributed by atoms with Gasteiger partial charge in [-0.2, -0.15) is 0 Å². The van der Waals surface area contributed by atoms with Gasteiger partial charge in [0.15, 0.2) is 11.5 Å². The third-order valence-electron chi connectivity index (χ3n) is 4.77. The van der Waals surface area contributed by atoms with E-state index < -0.39 is 0 Å². The summed E-state index contributed by atoms with van der Waals surface area (Å²) in [5.74, 6) is 0.772. The lowest BCUT2D eigenvalue weighted by Gasteiger charge is -2.19. The van der Waals surface area contributed by atoms with Crippen LogP contribution < -0.4 is 4.74 Å². The molecule has 0 bridgehead atoms. The van der Waals surface area contributed by atoms with Crippen molar-refractivity contribution in [1.29, 1.82) is 0 Å². The van der Waals surface area contributed by atoms with Crippen molar-refractivity contribution in [2.24, 2.45) is 0 Å². The first-order valence-corrected chi connectivity index (χ1v) is 10.0. The molecule has 0 fully saturated rings. The molecule has 0 saturated carbocycles. The van der Waals surface area contributed by atoms with Gasteiger partial charge in [-0.05, 0) is 29.1 Å². The standard InChI is InChI=1S/C21H23NO4S/c23-7-10-25-8-5-22-6-9-26-21-16(13-22)11-15(12-19(21)24)18-14-27-20-4-2-1-3-17(18)20/h1-4,11-12,14,23-24H,5-10,13H2. The van der Waals surface area contributed by atoms with Gasteiger partial charge in [-0.25, -0.2) is 0 Å². The molecule has 4 rings (SSSR count). The number of rotatable bonds is 6. The number of hydrogen-bond donors (Lipinski definition) is 2. The number of ether oxygens (including phenoxy) is 2. The molecule has 1 aliphatic rings. The number of aromatic hydroxyl groups is 1. The highest BCUT2D eigenvalue weighted by Gasteiger charge is 2.20. The van der Waals surface area contributed by atoms with E-state index >= 15 is 0 Å². The quantitative estimate of drug-likeness (QED) is 0.636. The molecule has 0 unspecified atom stereocenters. The van der Waals surface area contributed by atoms with E-state index in [0.29, 0.717) is 32.1 Å². The summed E-state index contributed by atoms with van der Waals surface area (Å²) in [6.45, 7) is 3.72. The Labute approximate surface area is 162 Å². The number of thiophene rings is 1. The van der Waals surface area contributed by atoms with Crippen LogP contribution in [0.1, 0.15) is 5.56 Å². The van der Waals surface area contributed by atoms with E-state index in [1.54, 1.807) is 17.4 Å². The van der Waals surface area contributed by atoms with Crippen LogP contribution in [-0.4, -0.2) is 54.6 Å². The van der Waals surface area contributed by atoms with Gasteiger partial charge in [0.25, 0.3) is 0 Å². The van der Waals surface area contributed by atoms with Crippen LogP contribution in [0, 0.1) is 0 Å². The lowest BCUT2D eigenvalue weighted by molar-refractivity contribution is 0.0708. The Morgan fingerprint density at radius 3 is 2.96 bits per heavy atom. The highest BCUT2D eigenvalue weighted by atomic mass is 32.1. The second-order valence-corrected chi connectivity index (χ2v) is 7.50. The summed E-state index contributed by atoms with van der Waals surface area (Å²) in [6, 6.07) is 12.2. The zero-order valence-corrected chi connectivity index (χ0v) is 15.9. The number of hydrogen-bond acceptors (Lipinski definition) is 6. The Morgan fingerprint density at radius 2 is 2.07 bits per heavy atom. The van der Waals surface area contributed by atoms with Gasteiger partial charge >= 0.3 is 0 Å². The van der Waals surface area contributed by atoms with Gasteiger partial charge in [0.1, 0.15) is 6.61 Å². The van der Waals surface area contributed by atoms with Crippen LogP contribution in [0.25, 0.3) is 21.2 Å². The van der Waals surface area contributed by atoms with Crippen molar-refractivity contribution < 1.29 is 19.7 Å². The third kappa shape index (κ3) is 3.94. The zero-order valence-electron chi connectivity index (χ0n) is 15.1. The van der Waals surface area contributed by atoms with Crippen molar-refractivity contribution >= 4 is 21.4 Å². The predicted molar refractivity (Wildman–Crippen MR) is 108 cm³/mol. The maximum Gasteiger partial charge on any atom is 0.165 e. The minimum absolute atomic E-state index is 0.0395. The van der Waals surface area contributed by atoms with Crippen LogP contribution in [0.4, 0.5) is 0 Å². The Bertz CT molecular complexity index is 924. The van der Waals surface area contributed by atoms with Crippen molar-refractivity contribution in [3.63, 3.8) is 0 Å². The van der Waals surface area contributed by atoms with Gasteiger partial charge in [-0.3, -0.25) is 4.90 Å². The monoisotopic (exact) mass is 385 g/mol. The van der Waals surface area contributed by atoms with E-state index in [0.717, 1.165) is 29.8 Å². The molecule has 0 radical (unpaired) electrons. The molecule has 3 aromatic rings. The first kappa shape index (κ1) is 18.3. The molecule has 5 nitrogen and oxygen atoms in total. The number of phenols is 1. The lowest BCUT2D eigenvalue weighted by Crippen LogP contribution is -2.29. The molecule has 0 amide bonds. The summed E-state index contributed by atoms with van der Waals surface area (Å²) in [5.41, 5.74) is 3.13. The van der Waals surface area contributed by atoms with Crippen LogP contribution in [0.3, 0.4) is 0 Å². The van der Waals surface area contributed by atoms with E-state index in [9.17, 15) is 5.11 Å². The van der Waals surface area contributed by atoms with E-state index in [-0.39, 0.29) is 12.4 Å². The molecular weight excluding hydrogens is 362 g/mol. The van der Waals surface area contributed by atoms with Gasteiger partial charge in [0.2, 0.25) is 0 Å². The minimum Gasteiger partial charge on any atom is -0.504 e. The first-order chi connectivity index (χ1) is 13.3. The maximum absolute atomic E-state index is 10.6. The molecule has 0 aliphatic carbocycles. The Hall–Kier alpha value is -2.12. The molecule has 0 saturated heterocycles. The number of fused-ring (bicyclic) bond motifs is 2. The fourth-order valence-corrected chi connectivity index (χ4v) is 4.43. The molecule has 0 atom stereocenters. The Balaban J connectivity index is 1.62. The first-order valence-electron chi connectivity index (χ1n) is 9.12. The highest BCUT2D eigenvalue weighted by molar-refractivity contribution is 7.17. The number of phenolic OH excluding ortho intramolecular Hbond substituents is 1. The average Bonchev–Trinajstić information content (AvgIpc) is 2.99. The third-order valence-corrected chi connectivity index (χ3v) is 5.74. The fraction of sp³-hybridized carbons (Fsp3) is 0.333. The molecule has 6 heteroatoms. The van der Waals surface area contributed by atoms with Gasteiger partial charge in [-0.1, -0.05) is 18.2 Å². The molecule has 142 valence electrons. The second kappa shape index (κ2) is 8.27. The predicted octanol–water partition coefficient (Wildman–Crippen LogP) is 3.48. The Kier molecular flexibility index (Phi) is 5.59. The smallest absolute Gasteiger partial charge is 0.165 e. The summed E-state index contributed by atoms with van der Waals surface area (Å²) in [6.07, 6.45) is 0. The largest absolute Gasteiger partial charge is 0.504 e. The van der Waals surface area contributed by atoms with E-state index in [1.807, 2.05) is 12.1 Å². The summed E-state index contributed by atoms with van der Waals surface area (Å²) in [7, 11) is 0. The Morgan fingerprint density at radius 1 is 1.19 bits per heavy atom. The lowest BCUT2D eigenvalue weighted by atomic mass is 10.0. The fourth-order valence-electron chi connectivity index (χ4n) is 3.46. The molecule has 2 aromatic carbocycles. The minimum atomic E-state index is 0.0395. The van der Waals surface area contributed by atoms with Crippen LogP contribution in [0.5, 0.6) is 11.5 Å². The van der Waals surface area contributed by atoms with E-state index in [1.165, 1.54) is 10.1 Å². The van der Waals surface area contributed by atoms with Gasteiger partial charge in [0, 0.05) is 40.8 Å². The summed E-state index contributed by atoms with van der Waals surface area (Å²) < 4.78 is 12.5. The second-order valence-electron chi connectivity index (χ2n) is 6.59. The molecular formula is C21H23NO4S. The van der Waals surface area contributed by atoms with Gasteiger partial charge in [-0.15, -0.1) is 11.3 Å². The molecule has 27 heavy (non-hydrogen) atoms. The van der Waals surface area contributed by atoms with Crippen molar-refractivity contribution in [3.8, 4) is 22.6 Å². The molecule has 1 aliphatic heterocycles. The van der Waals surface area contributed by atoms with Crippen molar-refractivity contribution in [2.75, 3.05) is 39.5 Å². The molecule has 0 spiro atoms. The number of nitrogens with zero attached hydrogens (tertiary/aromatic N) is 1.